The fourth-order valence-electron chi connectivity index (χ4n) is 2.00. The maximum absolute atomic E-state index is 10.1. The van der Waals surface area contributed by atoms with Crippen molar-refractivity contribution in [3.63, 3.8) is 0 Å². The molecule has 0 spiro atoms. The van der Waals surface area contributed by atoms with Crippen LogP contribution in [0.5, 0.6) is 0 Å². The van der Waals surface area contributed by atoms with Gasteiger partial charge in [0.2, 0.25) is 0 Å². The number of aliphatic hydroxyl groups is 1. The first-order valence-electron chi connectivity index (χ1n) is 5.76. The third kappa shape index (κ3) is 2.12. The lowest BCUT2D eigenvalue weighted by Crippen LogP contribution is -2.65. The van der Waals surface area contributed by atoms with E-state index in [2.05, 4.69) is 25.7 Å². The molecule has 14 heavy (non-hydrogen) atoms. The van der Waals surface area contributed by atoms with Crippen molar-refractivity contribution in [2.24, 2.45) is 5.92 Å². The molecule has 1 heterocycles. The van der Waals surface area contributed by atoms with Crippen molar-refractivity contribution in [2.75, 3.05) is 13.1 Å². The van der Waals surface area contributed by atoms with Crippen LogP contribution >= 0.6 is 0 Å². The summed E-state index contributed by atoms with van der Waals surface area (Å²) in [7, 11) is 0. The van der Waals surface area contributed by atoms with E-state index in [0.717, 1.165) is 19.0 Å². The molecule has 1 rings (SSSR count). The van der Waals surface area contributed by atoms with E-state index in [1.54, 1.807) is 0 Å². The maximum atomic E-state index is 10.1. The van der Waals surface area contributed by atoms with E-state index >= 15 is 0 Å². The normalized spacial score (nSPS) is 21.0. The highest BCUT2D eigenvalue weighted by Gasteiger charge is 2.45. The molecule has 1 fully saturated rings. The van der Waals surface area contributed by atoms with Gasteiger partial charge in [0, 0.05) is 18.6 Å². The molecular weight excluding hydrogens is 174 g/mol. The van der Waals surface area contributed by atoms with Gasteiger partial charge in [0.25, 0.3) is 0 Å². The van der Waals surface area contributed by atoms with Crippen molar-refractivity contribution in [2.45, 2.75) is 58.6 Å². The van der Waals surface area contributed by atoms with Crippen molar-refractivity contribution in [3.8, 4) is 0 Å². The Hall–Kier alpha value is -0.0800. The second-order valence-electron chi connectivity index (χ2n) is 5.68. The molecule has 1 N–H and O–H groups in total. The van der Waals surface area contributed by atoms with Crippen LogP contribution in [0.15, 0.2) is 0 Å². The molecule has 0 unspecified atom stereocenters. The summed E-state index contributed by atoms with van der Waals surface area (Å²) in [5.74, 6) is 0.863. The topological polar surface area (TPSA) is 23.5 Å². The van der Waals surface area contributed by atoms with E-state index in [1.165, 1.54) is 12.8 Å². The lowest BCUT2D eigenvalue weighted by Gasteiger charge is -2.54. The lowest BCUT2D eigenvalue weighted by atomic mass is 9.79. The molecule has 0 aromatic heterocycles. The molecule has 1 aliphatic heterocycles. The third-order valence-corrected chi connectivity index (χ3v) is 3.94. The number of rotatable bonds is 4. The van der Waals surface area contributed by atoms with Crippen molar-refractivity contribution in [1.29, 1.82) is 0 Å². The van der Waals surface area contributed by atoms with Gasteiger partial charge in [0.15, 0.2) is 0 Å². The van der Waals surface area contributed by atoms with E-state index in [9.17, 15) is 5.11 Å². The third-order valence-electron chi connectivity index (χ3n) is 3.94. The van der Waals surface area contributed by atoms with Crippen LogP contribution in [0.3, 0.4) is 0 Å². The highest BCUT2D eigenvalue weighted by Crippen LogP contribution is 2.35. The number of hydrogen-bond donors (Lipinski definition) is 1. The minimum Gasteiger partial charge on any atom is -0.389 e. The first kappa shape index (κ1) is 12.0. The quantitative estimate of drug-likeness (QED) is 0.751. The van der Waals surface area contributed by atoms with Crippen LogP contribution in [0.4, 0.5) is 0 Å². The Labute approximate surface area is 88.3 Å². The molecular formula is C12H25NO. The van der Waals surface area contributed by atoms with Crippen LogP contribution in [0.25, 0.3) is 0 Å². The summed E-state index contributed by atoms with van der Waals surface area (Å²) in [6.45, 7) is 12.6. The zero-order valence-electron chi connectivity index (χ0n) is 10.3. The molecule has 0 atom stereocenters. The van der Waals surface area contributed by atoms with Crippen molar-refractivity contribution < 1.29 is 5.11 Å². The van der Waals surface area contributed by atoms with Gasteiger partial charge in [0.05, 0.1) is 5.60 Å². The summed E-state index contributed by atoms with van der Waals surface area (Å²) in [5, 5.41) is 10.1. The van der Waals surface area contributed by atoms with Crippen LogP contribution in [0.2, 0.25) is 0 Å². The van der Waals surface area contributed by atoms with Gasteiger partial charge in [-0.1, -0.05) is 13.3 Å². The van der Waals surface area contributed by atoms with E-state index in [-0.39, 0.29) is 5.54 Å². The predicted octanol–water partition coefficient (Wildman–Crippen LogP) is 2.27. The largest absolute Gasteiger partial charge is 0.389 e. The average molecular weight is 199 g/mol. The molecule has 0 aromatic rings. The minimum absolute atomic E-state index is 0.1000. The maximum Gasteiger partial charge on any atom is 0.0769 e. The Morgan fingerprint density at radius 2 is 1.71 bits per heavy atom. The molecule has 2 heteroatoms. The van der Waals surface area contributed by atoms with E-state index < -0.39 is 5.60 Å². The predicted molar refractivity (Wildman–Crippen MR) is 60.3 cm³/mol. The van der Waals surface area contributed by atoms with Crippen LogP contribution in [-0.4, -0.2) is 34.2 Å². The SMILES string of the molecule is CCCC1CN(C(C)(C)C(C)(C)O)C1. The summed E-state index contributed by atoms with van der Waals surface area (Å²) in [5.41, 5.74) is -0.721. The monoisotopic (exact) mass is 199 g/mol. The fourth-order valence-corrected chi connectivity index (χ4v) is 2.00. The molecule has 0 radical (unpaired) electrons. The molecule has 2 nitrogen and oxygen atoms in total. The molecule has 84 valence electrons. The van der Waals surface area contributed by atoms with E-state index in [0.29, 0.717) is 0 Å². The zero-order chi connectivity index (χ0) is 11.0. The minimum atomic E-state index is -0.621. The molecule has 0 amide bonds. The van der Waals surface area contributed by atoms with Gasteiger partial charge in [-0.25, -0.2) is 0 Å². The van der Waals surface area contributed by atoms with Crippen molar-refractivity contribution >= 4 is 0 Å². The number of nitrogens with zero attached hydrogens (tertiary/aromatic N) is 1. The second kappa shape index (κ2) is 3.82. The highest BCUT2D eigenvalue weighted by atomic mass is 16.3. The first-order chi connectivity index (χ1) is 6.29. The molecule has 0 saturated carbocycles. The van der Waals surface area contributed by atoms with Crippen LogP contribution in [0, 0.1) is 5.92 Å². The zero-order valence-corrected chi connectivity index (χ0v) is 10.3. The lowest BCUT2D eigenvalue weighted by molar-refractivity contribution is -0.114. The van der Waals surface area contributed by atoms with E-state index in [4.69, 9.17) is 0 Å². The summed E-state index contributed by atoms with van der Waals surface area (Å²) in [4.78, 5) is 2.40. The van der Waals surface area contributed by atoms with Gasteiger partial charge < -0.3 is 5.11 Å². The average Bonchev–Trinajstić information content (AvgIpc) is 1.92. The second-order valence-corrected chi connectivity index (χ2v) is 5.68. The van der Waals surface area contributed by atoms with Crippen LogP contribution in [0.1, 0.15) is 47.5 Å². The van der Waals surface area contributed by atoms with Gasteiger partial charge in [-0.3, -0.25) is 4.90 Å². The highest BCUT2D eigenvalue weighted by molar-refractivity contribution is 5.00. The molecule has 0 bridgehead atoms. The Morgan fingerprint density at radius 1 is 1.21 bits per heavy atom. The van der Waals surface area contributed by atoms with Gasteiger partial charge >= 0.3 is 0 Å². The van der Waals surface area contributed by atoms with Crippen LogP contribution in [-0.2, 0) is 0 Å². The summed E-state index contributed by atoms with van der Waals surface area (Å²) < 4.78 is 0. The molecule has 0 aromatic carbocycles. The van der Waals surface area contributed by atoms with Gasteiger partial charge in [0.1, 0.15) is 0 Å². The Bertz CT molecular complexity index is 187. The number of likely N-dealkylation sites (tertiary alicyclic amines) is 1. The first-order valence-corrected chi connectivity index (χ1v) is 5.76. The van der Waals surface area contributed by atoms with Crippen LogP contribution < -0.4 is 0 Å². The molecule has 1 saturated heterocycles. The van der Waals surface area contributed by atoms with Gasteiger partial charge in [-0.05, 0) is 40.0 Å². The van der Waals surface area contributed by atoms with Crippen molar-refractivity contribution in [1.82, 2.24) is 4.90 Å². The summed E-state index contributed by atoms with van der Waals surface area (Å²) in [6.07, 6.45) is 2.61. The van der Waals surface area contributed by atoms with E-state index in [1.807, 2.05) is 13.8 Å². The smallest absolute Gasteiger partial charge is 0.0769 e. The summed E-state index contributed by atoms with van der Waals surface area (Å²) >= 11 is 0. The standard InChI is InChI=1S/C12H25NO/c1-6-7-10-8-13(9-10)11(2,3)12(4,5)14/h10,14H,6-9H2,1-5H3. The van der Waals surface area contributed by atoms with Gasteiger partial charge in [-0.2, -0.15) is 0 Å². The van der Waals surface area contributed by atoms with Crippen molar-refractivity contribution in [3.05, 3.63) is 0 Å². The Balaban J connectivity index is 2.46. The molecule has 1 aliphatic rings. The Morgan fingerprint density at radius 3 is 2.07 bits per heavy atom. The Kier molecular flexibility index (Phi) is 3.27. The fraction of sp³-hybridized carbons (Fsp3) is 1.00. The number of hydrogen-bond acceptors (Lipinski definition) is 2. The van der Waals surface area contributed by atoms with Gasteiger partial charge in [-0.15, -0.1) is 0 Å². The summed E-state index contributed by atoms with van der Waals surface area (Å²) in [6, 6.07) is 0. The molecule has 0 aliphatic carbocycles.